The average Bonchev–Trinajstić information content (AvgIpc) is 2.99. The van der Waals surface area contributed by atoms with Crippen molar-refractivity contribution < 1.29 is 23.4 Å². The largest absolute Gasteiger partial charge is 0.481 e. The molecule has 2 amide bonds. The molecule has 3 heterocycles. The number of nitrogens with zero attached hydrogens (tertiary/aromatic N) is 3. The van der Waals surface area contributed by atoms with Gasteiger partial charge >= 0.3 is 5.97 Å². The SMILES string of the molecule is N#Cc1cc(-c2cncc(C(CC(=O)O)NC(=O)C3CCCN(C(=O)CCC4CCNCC4)C3)c2)ccc1SF. The highest BCUT2D eigenvalue weighted by Crippen LogP contribution is 2.30. The number of hydrogen-bond donors (Lipinski definition) is 3. The van der Waals surface area contributed by atoms with E-state index >= 15 is 0 Å². The zero-order chi connectivity index (χ0) is 28.5. The van der Waals surface area contributed by atoms with E-state index < -0.39 is 17.9 Å². The smallest absolute Gasteiger partial charge is 0.305 e. The Morgan fingerprint density at radius 2 is 2.00 bits per heavy atom. The summed E-state index contributed by atoms with van der Waals surface area (Å²) >= 11 is -0.00781. The molecule has 2 aliphatic heterocycles. The molecule has 40 heavy (non-hydrogen) atoms. The summed E-state index contributed by atoms with van der Waals surface area (Å²) in [6.07, 6.45) is 7.58. The molecule has 2 aromatic rings. The summed E-state index contributed by atoms with van der Waals surface area (Å²) < 4.78 is 13.1. The van der Waals surface area contributed by atoms with Gasteiger partial charge < -0.3 is 20.6 Å². The standard InChI is InChI=1S/C29H34FN5O4S/c30-40-26-5-4-20(12-22(26)15-31)23-13-24(17-33-16-23)25(14-28(37)38)34-29(39)21-2-1-11-35(18-21)27(36)6-3-19-7-9-32-10-8-19/h4-5,12-13,16-17,19,21,25,32H,1-3,6-11,14,18H2,(H,34,39)(H,37,38). The lowest BCUT2D eigenvalue weighted by molar-refractivity contribution is -0.138. The average molecular weight is 568 g/mol. The van der Waals surface area contributed by atoms with Gasteiger partial charge in [-0.3, -0.25) is 19.4 Å². The molecule has 0 aliphatic carbocycles. The summed E-state index contributed by atoms with van der Waals surface area (Å²) in [5, 5.41) is 25.1. The Bertz CT molecular complexity index is 1260. The number of carboxylic acid groups (broad SMARTS) is 1. The number of aliphatic carboxylic acids is 1. The van der Waals surface area contributed by atoms with Gasteiger partial charge in [-0.05, 0) is 80.4 Å². The summed E-state index contributed by atoms with van der Waals surface area (Å²) in [5.41, 5.74) is 1.91. The van der Waals surface area contributed by atoms with Gasteiger partial charge in [-0.25, -0.2) is 0 Å². The number of halogens is 1. The number of aromatic nitrogens is 1. The molecule has 0 spiro atoms. The minimum Gasteiger partial charge on any atom is -0.481 e. The molecule has 11 heteroatoms. The lowest BCUT2D eigenvalue weighted by atomic mass is 9.92. The first-order chi connectivity index (χ1) is 19.4. The Hall–Kier alpha value is -3.49. The maximum Gasteiger partial charge on any atom is 0.305 e. The van der Waals surface area contributed by atoms with Gasteiger partial charge in [-0.15, -0.1) is 0 Å². The highest BCUT2D eigenvalue weighted by molar-refractivity contribution is 7.94. The number of carboxylic acids is 1. The fraction of sp³-hybridized carbons (Fsp3) is 0.483. The summed E-state index contributed by atoms with van der Waals surface area (Å²) in [6.45, 7) is 2.94. The van der Waals surface area contributed by atoms with Crippen LogP contribution in [0.3, 0.4) is 0 Å². The molecule has 2 fully saturated rings. The number of amides is 2. The number of carbonyl (C=O) groups is 3. The topological polar surface area (TPSA) is 135 Å². The number of rotatable bonds is 10. The van der Waals surface area contributed by atoms with Crippen LogP contribution in [0.15, 0.2) is 41.6 Å². The van der Waals surface area contributed by atoms with Gasteiger partial charge in [-0.2, -0.15) is 9.15 Å². The minimum absolute atomic E-state index is 0.00781. The quantitative estimate of drug-likeness (QED) is 0.388. The van der Waals surface area contributed by atoms with Gasteiger partial charge in [0.1, 0.15) is 6.07 Å². The number of hydrogen-bond acceptors (Lipinski definition) is 7. The van der Waals surface area contributed by atoms with E-state index in [-0.39, 0.29) is 40.8 Å². The van der Waals surface area contributed by atoms with E-state index in [1.54, 1.807) is 29.3 Å². The first kappa shape index (κ1) is 29.5. The number of pyridine rings is 1. The second-order valence-corrected chi connectivity index (χ2v) is 11.1. The van der Waals surface area contributed by atoms with E-state index in [0.717, 1.165) is 32.4 Å². The number of nitriles is 1. The first-order valence-electron chi connectivity index (χ1n) is 13.7. The van der Waals surface area contributed by atoms with Gasteiger partial charge in [0.25, 0.3) is 0 Å². The van der Waals surface area contributed by atoms with Gasteiger partial charge in [0.2, 0.25) is 11.8 Å². The minimum atomic E-state index is -1.08. The van der Waals surface area contributed by atoms with E-state index in [4.69, 9.17) is 0 Å². The van der Waals surface area contributed by atoms with Gasteiger partial charge in [0.05, 0.1) is 41.0 Å². The van der Waals surface area contributed by atoms with Crippen molar-refractivity contribution in [3.8, 4) is 17.2 Å². The number of carbonyl (C=O) groups excluding carboxylic acids is 2. The van der Waals surface area contributed by atoms with E-state index in [0.29, 0.717) is 55.0 Å². The fourth-order valence-corrected chi connectivity index (χ4v) is 5.77. The third-order valence-corrected chi connectivity index (χ3v) is 8.27. The predicted molar refractivity (Wildman–Crippen MR) is 149 cm³/mol. The molecular weight excluding hydrogens is 533 g/mol. The Morgan fingerprint density at radius 1 is 1.20 bits per heavy atom. The summed E-state index contributed by atoms with van der Waals surface area (Å²) in [5.74, 6) is -1.16. The summed E-state index contributed by atoms with van der Waals surface area (Å²) in [6, 6.07) is 7.57. The van der Waals surface area contributed by atoms with Crippen molar-refractivity contribution in [1.29, 1.82) is 5.26 Å². The molecule has 3 N–H and O–H groups in total. The third kappa shape index (κ3) is 7.79. The zero-order valence-corrected chi connectivity index (χ0v) is 23.1. The monoisotopic (exact) mass is 567 g/mol. The molecule has 2 aliphatic rings. The Balaban J connectivity index is 1.43. The van der Waals surface area contributed by atoms with Crippen molar-refractivity contribution in [2.24, 2.45) is 11.8 Å². The van der Waals surface area contributed by atoms with Crippen LogP contribution in [0.4, 0.5) is 3.89 Å². The molecule has 9 nitrogen and oxygen atoms in total. The number of benzene rings is 1. The van der Waals surface area contributed by atoms with Crippen LogP contribution in [0.2, 0.25) is 0 Å². The molecule has 212 valence electrons. The lowest BCUT2D eigenvalue weighted by Crippen LogP contribution is -2.46. The molecular formula is C29H34FN5O4S. The Morgan fingerprint density at radius 3 is 2.73 bits per heavy atom. The molecule has 0 radical (unpaired) electrons. The fourth-order valence-electron chi connectivity index (χ4n) is 5.46. The van der Waals surface area contributed by atoms with E-state index in [1.165, 1.54) is 12.3 Å². The number of nitrogens with one attached hydrogen (secondary N) is 2. The molecule has 1 aromatic carbocycles. The highest BCUT2D eigenvalue weighted by atomic mass is 32.2. The normalized spacial score (nSPS) is 18.5. The van der Waals surface area contributed by atoms with Gasteiger partial charge in [-0.1, -0.05) is 6.07 Å². The second-order valence-electron chi connectivity index (χ2n) is 10.5. The lowest BCUT2D eigenvalue weighted by Gasteiger charge is -2.33. The summed E-state index contributed by atoms with van der Waals surface area (Å²) in [4.78, 5) is 44.1. The predicted octanol–water partition coefficient (Wildman–Crippen LogP) is 4.25. The van der Waals surface area contributed by atoms with Crippen molar-refractivity contribution in [3.63, 3.8) is 0 Å². The van der Waals surface area contributed by atoms with Crippen molar-refractivity contribution in [2.45, 2.75) is 55.9 Å². The maximum atomic E-state index is 13.3. The molecule has 0 bridgehead atoms. The Kier molecular flexibility index (Phi) is 10.5. The molecule has 2 saturated heterocycles. The summed E-state index contributed by atoms with van der Waals surface area (Å²) in [7, 11) is 0. The number of piperidine rings is 2. The maximum absolute atomic E-state index is 13.3. The number of likely N-dealkylation sites (tertiary alicyclic amines) is 1. The molecule has 2 unspecified atom stereocenters. The zero-order valence-electron chi connectivity index (χ0n) is 22.3. The van der Waals surface area contributed by atoms with Crippen LogP contribution in [0.5, 0.6) is 0 Å². The molecule has 1 aromatic heterocycles. The van der Waals surface area contributed by atoms with E-state index in [9.17, 15) is 28.6 Å². The van der Waals surface area contributed by atoms with Crippen LogP contribution >= 0.6 is 12.1 Å². The van der Waals surface area contributed by atoms with E-state index in [1.807, 2.05) is 6.07 Å². The van der Waals surface area contributed by atoms with Crippen molar-refractivity contribution in [3.05, 3.63) is 47.8 Å². The van der Waals surface area contributed by atoms with Crippen LogP contribution in [0, 0.1) is 23.2 Å². The van der Waals surface area contributed by atoms with Crippen molar-refractivity contribution in [2.75, 3.05) is 26.2 Å². The van der Waals surface area contributed by atoms with Crippen molar-refractivity contribution in [1.82, 2.24) is 20.5 Å². The van der Waals surface area contributed by atoms with Gasteiger partial charge in [0.15, 0.2) is 0 Å². The highest BCUT2D eigenvalue weighted by Gasteiger charge is 2.31. The van der Waals surface area contributed by atoms with Crippen LogP contribution in [0.25, 0.3) is 11.1 Å². The van der Waals surface area contributed by atoms with Gasteiger partial charge in [0, 0.05) is 37.5 Å². The van der Waals surface area contributed by atoms with Crippen LogP contribution < -0.4 is 10.6 Å². The molecule has 4 rings (SSSR count). The molecule has 2 atom stereocenters. The van der Waals surface area contributed by atoms with Crippen LogP contribution in [-0.2, 0) is 14.4 Å². The Labute approximate surface area is 237 Å². The second kappa shape index (κ2) is 14.2. The van der Waals surface area contributed by atoms with Crippen LogP contribution in [-0.4, -0.2) is 59.0 Å². The third-order valence-electron chi connectivity index (χ3n) is 7.74. The first-order valence-corrected chi connectivity index (χ1v) is 14.4. The van der Waals surface area contributed by atoms with E-state index in [2.05, 4.69) is 15.6 Å². The van der Waals surface area contributed by atoms with Crippen molar-refractivity contribution >= 4 is 29.9 Å². The molecule has 0 saturated carbocycles. The van der Waals surface area contributed by atoms with Crippen LogP contribution in [0.1, 0.15) is 62.1 Å².